The maximum Gasteiger partial charge on any atom is 0.144 e. The maximum absolute atomic E-state index is 5.43. The van der Waals surface area contributed by atoms with Crippen molar-refractivity contribution in [3.05, 3.63) is 57.8 Å². The number of nitrogens with one attached hydrogen (secondary N) is 2. The van der Waals surface area contributed by atoms with E-state index in [1.807, 2.05) is 41.5 Å². The molecule has 22 heavy (non-hydrogen) atoms. The van der Waals surface area contributed by atoms with Crippen molar-refractivity contribution >= 4 is 34.0 Å². The van der Waals surface area contributed by atoms with Crippen LogP contribution < -0.4 is 25.4 Å². The van der Waals surface area contributed by atoms with Crippen LogP contribution >= 0.6 is 22.6 Å². The van der Waals surface area contributed by atoms with E-state index in [2.05, 4.69) is 45.7 Å². The highest BCUT2D eigenvalue weighted by atomic mass is 127. The lowest BCUT2D eigenvalue weighted by atomic mass is 10.2. The standard InChI is InChI=1S/C16H16IN3O2/c1-21-11-7-8-16(22-2)15(9-11)20-10-14(18-19-20)12-5-3-4-6-13(12)17/h3-10,18-19H,1-2H3. The number of rotatable bonds is 4. The van der Waals surface area contributed by atoms with Gasteiger partial charge < -0.3 is 14.9 Å². The zero-order chi connectivity index (χ0) is 15.5. The van der Waals surface area contributed by atoms with Crippen molar-refractivity contribution in [3.63, 3.8) is 0 Å². The van der Waals surface area contributed by atoms with E-state index < -0.39 is 0 Å². The van der Waals surface area contributed by atoms with E-state index in [0.29, 0.717) is 0 Å². The first-order valence-electron chi connectivity index (χ1n) is 6.72. The molecule has 0 saturated carbocycles. The Labute approximate surface area is 143 Å². The van der Waals surface area contributed by atoms with E-state index in [0.717, 1.165) is 28.4 Å². The number of anilines is 1. The van der Waals surface area contributed by atoms with Crippen molar-refractivity contribution in [2.75, 3.05) is 19.2 Å². The number of hydrogen-bond donors (Lipinski definition) is 2. The molecule has 2 aromatic carbocycles. The third-order valence-corrected chi connectivity index (χ3v) is 4.32. The minimum absolute atomic E-state index is 0.760. The summed E-state index contributed by atoms with van der Waals surface area (Å²) in [6.07, 6.45) is 1.99. The number of methoxy groups -OCH3 is 2. The molecule has 0 unspecified atom stereocenters. The lowest BCUT2D eigenvalue weighted by Crippen LogP contribution is -2.36. The maximum atomic E-state index is 5.43. The van der Waals surface area contributed by atoms with Gasteiger partial charge in [0.1, 0.15) is 17.2 Å². The summed E-state index contributed by atoms with van der Waals surface area (Å²) >= 11 is 2.33. The average Bonchev–Trinajstić information content (AvgIpc) is 3.04. The normalized spacial score (nSPS) is 13.6. The molecule has 1 aliphatic heterocycles. The van der Waals surface area contributed by atoms with Crippen LogP contribution in [0, 0.1) is 3.57 Å². The van der Waals surface area contributed by atoms with Crippen LogP contribution in [0.1, 0.15) is 5.56 Å². The molecule has 0 atom stereocenters. The summed E-state index contributed by atoms with van der Waals surface area (Å²) in [5.41, 5.74) is 9.32. The lowest BCUT2D eigenvalue weighted by molar-refractivity contribution is 0.402. The first-order chi connectivity index (χ1) is 10.7. The van der Waals surface area contributed by atoms with Gasteiger partial charge in [0.05, 0.1) is 19.9 Å². The second kappa shape index (κ2) is 6.45. The predicted octanol–water partition coefficient (Wildman–Crippen LogP) is 3.14. The van der Waals surface area contributed by atoms with Gasteiger partial charge in [0.2, 0.25) is 0 Å². The minimum Gasteiger partial charge on any atom is -0.497 e. The lowest BCUT2D eigenvalue weighted by Gasteiger charge is -2.18. The molecule has 0 aliphatic carbocycles. The molecule has 0 aromatic heterocycles. The summed E-state index contributed by atoms with van der Waals surface area (Å²) in [5, 5.41) is 1.87. The van der Waals surface area contributed by atoms with Gasteiger partial charge in [-0.1, -0.05) is 18.2 Å². The molecule has 0 radical (unpaired) electrons. The Hall–Kier alpha value is -1.93. The smallest absolute Gasteiger partial charge is 0.144 e. The van der Waals surface area contributed by atoms with Crippen molar-refractivity contribution in [2.24, 2.45) is 0 Å². The second-order valence-corrected chi connectivity index (χ2v) is 5.83. The average molecular weight is 409 g/mol. The largest absolute Gasteiger partial charge is 0.497 e. The Balaban J connectivity index is 1.96. The van der Waals surface area contributed by atoms with Crippen LogP contribution in [-0.4, -0.2) is 14.2 Å². The van der Waals surface area contributed by atoms with Gasteiger partial charge in [-0.2, -0.15) is 0 Å². The van der Waals surface area contributed by atoms with Crippen molar-refractivity contribution in [1.29, 1.82) is 0 Å². The number of benzene rings is 2. The highest BCUT2D eigenvalue weighted by molar-refractivity contribution is 14.1. The van der Waals surface area contributed by atoms with Crippen LogP contribution in [0.3, 0.4) is 0 Å². The molecule has 1 heterocycles. The summed E-state index contributed by atoms with van der Waals surface area (Å²) in [7, 11) is 3.30. The molecule has 2 aromatic rings. The zero-order valence-corrected chi connectivity index (χ0v) is 14.4. The summed E-state index contributed by atoms with van der Waals surface area (Å²) in [4.78, 5) is 0. The predicted molar refractivity (Wildman–Crippen MR) is 95.4 cm³/mol. The van der Waals surface area contributed by atoms with E-state index >= 15 is 0 Å². The van der Waals surface area contributed by atoms with Crippen molar-refractivity contribution in [3.8, 4) is 11.5 Å². The molecular formula is C16H16IN3O2. The SMILES string of the molecule is COc1ccc(OC)c(N2C=C(c3ccccc3I)NN2)c1. The Bertz CT molecular complexity index is 718. The van der Waals surface area contributed by atoms with Crippen LogP contribution in [-0.2, 0) is 0 Å². The van der Waals surface area contributed by atoms with E-state index in [9.17, 15) is 0 Å². The third kappa shape index (κ3) is 2.84. The van der Waals surface area contributed by atoms with Crippen molar-refractivity contribution < 1.29 is 9.47 Å². The number of hydrogen-bond acceptors (Lipinski definition) is 5. The Morgan fingerprint density at radius 1 is 1.05 bits per heavy atom. The third-order valence-electron chi connectivity index (χ3n) is 3.38. The van der Waals surface area contributed by atoms with Crippen LogP contribution in [0.15, 0.2) is 48.7 Å². The zero-order valence-electron chi connectivity index (χ0n) is 12.3. The molecular weight excluding hydrogens is 393 g/mol. The molecule has 1 aliphatic rings. The van der Waals surface area contributed by atoms with Crippen LogP contribution in [0.25, 0.3) is 5.70 Å². The Kier molecular flexibility index (Phi) is 4.39. The molecule has 0 bridgehead atoms. The Morgan fingerprint density at radius 2 is 1.86 bits per heavy atom. The van der Waals surface area contributed by atoms with Crippen molar-refractivity contribution in [2.45, 2.75) is 0 Å². The fourth-order valence-electron chi connectivity index (χ4n) is 2.25. The first kappa shape index (κ1) is 15.0. The fraction of sp³-hybridized carbons (Fsp3) is 0.125. The summed E-state index contributed by atoms with van der Waals surface area (Å²) in [5.74, 6) is 1.53. The van der Waals surface area contributed by atoms with E-state index in [1.54, 1.807) is 14.2 Å². The number of hydrazine groups is 2. The summed E-state index contributed by atoms with van der Waals surface area (Å²) in [6.45, 7) is 0. The quantitative estimate of drug-likeness (QED) is 0.760. The topological polar surface area (TPSA) is 45.8 Å². The monoisotopic (exact) mass is 409 g/mol. The molecule has 114 valence electrons. The molecule has 0 spiro atoms. The van der Waals surface area contributed by atoms with Gasteiger partial charge in [-0.25, -0.2) is 0 Å². The molecule has 0 amide bonds. The molecule has 0 fully saturated rings. The van der Waals surface area contributed by atoms with Gasteiger partial charge in [0.25, 0.3) is 0 Å². The molecule has 2 N–H and O–H groups in total. The molecule has 6 heteroatoms. The van der Waals surface area contributed by atoms with Crippen LogP contribution in [0.4, 0.5) is 5.69 Å². The van der Waals surface area contributed by atoms with Crippen LogP contribution in [0.2, 0.25) is 0 Å². The van der Waals surface area contributed by atoms with E-state index in [4.69, 9.17) is 9.47 Å². The van der Waals surface area contributed by atoms with E-state index in [1.165, 1.54) is 3.57 Å². The van der Waals surface area contributed by atoms with Gasteiger partial charge >= 0.3 is 0 Å². The van der Waals surface area contributed by atoms with Gasteiger partial charge in [-0.05, 0) is 40.8 Å². The van der Waals surface area contributed by atoms with Gasteiger partial charge in [0.15, 0.2) is 0 Å². The van der Waals surface area contributed by atoms with E-state index in [-0.39, 0.29) is 0 Å². The van der Waals surface area contributed by atoms with Crippen molar-refractivity contribution in [1.82, 2.24) is 11.0 Å². The first-order valence-corrected chi connectivity index (χ1v) is 7.80. The minimum atomic E-state index is 0.760. The fourth-order valence-corrected chi connectivity index (χ4v) is 2.92. The molecule has 0 saturated heterocycles. The Morgan fingerprint density at radius 3 is 2.59 bits per heavy atom. The summed E-state index contributed by atoms with van der Waals surface area (Å²) < 4.78 is 11.9. The van der Waals surface area contributed by atoms with Gasteiger partial charge in [-0.15, -0.1) is 5.53 Å². The second-order valence-electron chi connectivity index (χ2n) is 4.67. The van der Waals surface area contributed by atoms with Crippen LogP contribution in [0.5, 0.6) is 11.5 Å². The van der Waals surface area contributed by atoms with Gasteiger partial charge in [-0.3, -0.25) is 5.01 Å². The highest BCUT2D eigenvalue weighted by Crippen LogP contribution is 2.33. The highest BCUT2D eigenvalue weighted by Gasteiger charge is 2.19. The number of halogens is 1. The number of nitrogens with zero attached hydrogens (tertiary/aromatic N) is 1. The van der Waals surface area contributed by atoms with Gasteiger partial charge in [0, 0.05) is 21.4 Å². The molecule has 3 rings (SSSR count). The number of ether oxygens (including phenoxy) is 2. The summed E-state index contributed by atoms with van der Waals surface area (Å²) in [6, 6.07) is 13.9. The molecule has 5 nitrogen and oxygen atoms in total.